The van der Waals surface area contributed by atoms with Crippen molar-refractivity contribution in [3.05, 3.63) is 59.7 Å². The highest BCUT2D eigenvalue weighted by molar-refractivity contribution is 8.76. The summed E-state index contributed by atoms with van der Waals surface area (Å²) < 4.78 is 0. The van der Waals surface area contributed by atoms with Crippen LogP contribution in [-0.2, 0) is 9.59 Å². The normalized spacial score (nSPS) is 26.0. The van der Waals surface area contributed by atoms with Crippen molar-refractivity contribution in [3.8, 4) is 0 Å². The zero-order valence-corrected chi connectivity index (χ0v) is 18.6. The molecule has 0 bridgehead atoms. The van der Waals surface area contributed by atoms with Gasteiger partial charge in [-0.3, -0.25) is 9.59 Å². The molecule has 0 heterocycles. The lowest BCUT2D eigenvalue weighted by Gasteiger charge is -2.21. The van der Waals surface area contributed by atoms with Gasteiger partial charge in [0.15, 0.2) is 0 Å². The Labute approximate surface area is 186 Å². The van der Waals surface area contributed by atoms with Gasteiger partial charge in [-0.05, 0) is 60.8 Å². The fraction of sp³-hybridized carbons (Fsp3) is 0.417. The molecule has 2 aromatic carbocycles. The Bertz CT molecular complexity index is 857. The summed E-state index contributed by atoms with van der Waals surface area (Å²) in [6.07, 6.45) is 5.87. The molecular formula is C24H28N2O2S2. The van der Waals surface area contributed by atoms with Crippen LogP contribution in [0.15, 0.2) is 58.3 Å². The van der Waals surface area contributed by atoms with Crippen molar-refractivity contribution >= 4 is 33.4 Å². The summed E-state index contributed by atoms with van der Waals surface area (Å²) in [7, 11) is 3.46. The fourth-order valence-electron chi connectivity index (χ4n) is 5.16. The maximum absolute atomic E-state index is 11.9. The quantitative estimate of drug-likeness (QED) is 0.578. The van der Waals surface area contributed by atoms with Gasteiger partial charge in [-0.1, -0.05) is 70.8 Å². The molecule has 2 aromatic rings. The monoisotopic (exact) mass is 440 g/mol. The Balaban J connectivity index is 1.56. The van der Waals surface area contributed by atoms with Crippen molar-refractivity contribution in [2.45, 2.75) is 60.2 Å². The van der Waals surface area contributed by atoms with Gasteiger partial charge in [-0.2, -0.15) is 0 Å². The average molecular weight is 441 g/mol. The van der Waals surface area contributed by atoms with Crippen LogP contribution in [-0.4, -0.2) is 11.8 Å². The summed E-state index contributed by atoms with van der Waals surface area (Å²) in [6.45, 7) is 0. The minimum absolute atomic E-state index is 0.0705. The highest BCUT2D eigenvalue weighted by Gasteiger charge is 2.35. The SMILES string of the molecule is NC(=O)C1CCCC1c1ccccc1SSc1ccccc1C1CCCC1C(N)=O. The van der Waals surface area contributed by atoms with E-state index in [-0.39, 0.29) is 35.5 Å². The number of carbonyl (C=O) groups is 2. The van der Waals surface area contributed by atoms with Crippen LogP contribution in [0, 0.1) is 11.8 Å². The fourth-order valence-corrected chi connectivity index (χ4v) is 7.69. The van der Waals surface area contributed by atoms with Gasteiger partial charge in [-0.15, -0.1) is 0 Å². The third-order valence-corrected chi connectivity index (χ3v) is 9.13. The van der Waals surface area contributed by atoms with E-state index in [9.17, 15) is 9.59 Å². The Hall–Kier alpha value is -1.92. The van der Waals surface area contributed by atoms with Gasteiger partial charge >= 0.3 is 0 Å². The molecule has 0 aliphatic heterocycles. The molecule has 2 fully saturated rings. The van der Waals surface area contributed by atoms with Gasteiger partial charge in [0.25, 0.3) is 0 Å². The Morgan fingerprint density at radius 1 is 0.667 bits per heavy atom. The topological polar surface area (TPSA) is 86.2 Å². The van der Waals surface area contributed by atoms with Gasteiger partial charge in [0.05, 0.1) is 0 Å². The number of hydrogen-bond acceptors (Lipinski definition) is 4. The van der Waals surface area contributed by atoms with Crippen LogP contribution < -0.4 is 11.5 Å². The maximum Gasteiger partial charge on any atom is 0.221 e. The molecule has 2 amide bonds. The third-order valence-electron chi connectivity index (χ3n) is 6.62. The van der Waals surface area contributed by atoms with Crippen LogP contribution in [0.3, 0.4) is 0 Å². The second-order valence-electron chi connectivity index (χ2n) is 8.33. The van der Waals surface area contributed by atoms with Crippen molar-refractivity contribution in [2.24, 2.45) is 23.3 Å². The molecule has 4 atom stereocenters. The van der Waals surface area contributed by atoms with Gasteiger partial charge in [0, 0.05) is 21.6 Å². The number of hydrogen-bond donors (Lipinski definition) is 2. The minimum Gasteiger partial charge on any atom is -0.369 e. The van der Waals surface area contributed by atoms with Crippen LogP contribution in [0.25, 0.3) is 0 Å². The van der Waals surface area contributed by atoms with Crippen LogP contribution in [0.1, 0.15) is 61.5 Å². The van der Waals surface area contributed by atoms with Crippen LogP contribution in [0.2, 0.25) is 0 Å². The van der Waals surface area contributed by atoms with E-state index >= 15 is 0 Å². The van der Waals surface area contributed by atoms with E-state index in [1.807, 2.05) is 24.3 Å². The third kappa shape index (κ3) is 4.40. The van der Waals surface area contributed by atoms with E-state index in [0.29, 0.717) is 0 Å². The zero-order valence-electron chi connectivity index (χ0n) is 17.0. The Morgan fingerprint density at radius 2 is 1.07 bits per heavy atom. The van der Waals surface area contributed by atoms with Crippen molar-refractivity contribution < 1.29 is 9.59 Å². The number of benzene rings is 2. The summed E-state index contributed by atoms with van der Waals surface area (Å²) in [6, 6.07) is 16.7. The molecular weight excluding hydrogens is 412 g/mol. The molecule has 4 unspecified atom stereocenters. The van der Waals surface area contributed by atoms with E-state index < -0.39 is 0 Å². The molecule has 30 heavy (non-hydrogen) atoms. The van der Waals surface area contributed by atoms with E-state index in [0.717, 1.165) is 38.5 Å². The molecule has 4 N–H and O–H groups in total. The maximum atomic E-state index is 11.9. The molecule has 0 spiro atoms. The lowest BCUT2D eigenvalue weighted by atomic mass is 9.88. The molecule has 6 heteroatoms. The predicted octanol–water partition coefficient (Wildman–Crippen LogP) is 5.22. The van der Waals surface area contributed by atoms with Gasteiger partial charge < -0.3 is 11.5 Å². The molecule has 0 radical (unpaired) electrons. The van der Waals surface area contributed by atoms with Crippen LogP contribution in [0.5, 0.6) is 0 Å². The molecule has 0 saturated heterocycles. The summed E-state index contributed by atoms with van der Waals surface area (Å²) in [5, 5.41) is 0. The first-order valence-electron chi connectivity index (χ1n) is 10.7. The number of primary amides is 2. The predicted molar refractivity (Wildman–Crippen MR) is 123 cm³/mol. The number of nitrogens with two attached hydrogens (primary N) is 2. The summed E-state index contributed by atoms with van der Waals surface area (Å²) in [5.41, 5.74) is 13.8. The number of rotatable bonds is 7. The smallest absolute Gasteiger partial charge is 0.221 e. The van der Waals surface area contributed by atoms with Crippen LogP contribution >= 0.6 is 21.6 Å². The lowest BCUT2D eigenvalue weighted by Crippen LogP contribution is -2.25. The minimum atomic E-state index is -0.186. The molecule has 4 rings (SSSR count). The zero-order chi connectivity index (χ0) is 21.1. The Kier molecular flexibility index (Phi) is 6.74. The Morgan fingerprint density at radius 3 is 1.47 bits per heavy atom. The van der Waals surface area contributed by atoms with Gasteiger partial charge in [-0.25, -0.2) is 0 Å². The molecule has 2 saturated carbocycles. The molecule has 2 aliphatic carbocycles. The molecule has 2 aliphatic rings. The highest BCUT2D eigenvalue weighted by Crippen LogP contribution is 2.49. The second kappa shape index (κ2) is 9.48. The highest BCUT2D eigenvalue weighted by atomic mass is 33.1. The molecule has 0 aromatic heterocycles. The van der Waals surface area contributed by atoms with E-state index in [1.54, 1.807) is 21.6 Å². The standard InChI is InChI=1S/C24H28N2O2S2/c25-23(27)19-11-5-9-15(19)17-7-1-3-13-21(17)29-30-22-14-4-2-8-18(22)16-10-6-12-20(16)24(26)28/h1-4,7-8,13-16,19-20H,5-6,9-12H2,(H2,25,27)(H2,26,28). The first kappa shape index (κ1) is 21.3. The average Bonchev–Trinajstić information content (AvgIpc) is 3.42. The van der Waals surface area contributed by atoms with Crippen LogP contribution in [0.4, 0.5) is 0 Å². The summed E-state index contributed by atoms with van der Waals surface area (Å²) in [4.78, 5) is 26.2. The molecule has 158 valence electrons. The van der Waals surface area contributed by atoms with Gasteiger partial charge in [0.1, 0.15) is 0 Å². The number of carbonyl (C=O) groups excluding carboxylic acids is 2. The first-order chi connectivity index (χ1) is 14.6. The number of amides is 2. The first-order valence-corrected chi connectivity index (χ1v) is 12.8. The van der Waals surface area contributed by atoms with E-state index in [4.69, 9.17) is 11.5 Å². The van der Waals surface area contributed by atoms with Crippen molar-refractivity contribution in [3.63, 3.8) is 0 Å². The lowest BCUT2D eigenvalue weighted by molar-refractivity contribution is -0.122. The van der Waals surface area contributed by atoms with Gasteiger partial charge in [0.2, 0.25) is 11.8 Å². The molecule has 4 nitrogen and oxygen atoms in total. The van der Waals surface area contributed by atoms with E-state index in [1.165, 1.54) is 20.9 Å². The summed E-state index contributed by atoms with van der Waals surface area (Å²) in [5.74, 6) is -0.104. The van der Waals surface area contributed by atoms with Crippen molar-refractivity contribution in [1.29, 1.82) is 0 Å². The van der Waals surface area contributed by atoms with Crippen molar-refractivity contribution in [2.75, 3.05) is 0 Å². The summed E-state index contributed by atoms with van der Waals surface area (Å²) >= 11 is 0. The second-order valence-corrected chi connectivity index (χ2v) is 10.5. The van der Waals surface area contributed by atoms with Crippen molar-refractivity contribution in [1.82, 2.24) is 0 Å². The van der Waals surface area contributed by atoms with E-state index in [2.05, 4.69) is 24.3 Å². The largest absolute Gasteiger partial charge is 0.369 e.